The lowest BCUT2D eigenvalue weighted by Crippen LogP contribution is -2.62. The quantitative estimate of drug-likeness (QED) is 0.0491. The molecule has 0 saturated heterocycles. The number of hydrogen-bond donors (Lipinski definition) is 14. The lowest BCUT2D eigenvalue weighted by Gasteiger charge is -2.27. The van der Waals surface area contributed by atoms with E-state index in [1.807, 2.05) is 5.32 Å². The van der Waals surface area contributed by atoms with Gasteiger partial charge in [0.05, 0.1) is 32.5 Å². The van der Waals surface area contributed by atoms with Gasteiger partial charge in [0.2, 0.25) is 47.3 Å². The van der Waals surface area contributed by atoms with Crippen molar-refractivity contribution < 1.29 is 68.7 Å². The van der Waals surface area contributed by atoms with Crippen molar-refractivity contribution in [3.63, 3.8) is 0 Å². The van der Waals surface area contributed by atoms with Gasteiger partial charge in [0.15, 0.2) is 0 Å². The molecule has 0 radical (unpaired) electrons. The smallest absolute Gasteiger partial charge is 0.322 e. The summed E-state index contributed by atoms with van der Waals surface area (Å²) in [4.78, 5) is 111. The molecular weight excluding hydrogens is 686 g/mol. The first-order valence-electron chi connectivity index (χ1n) is 15.6. The Kier molecular flexibility index (Phi) is 20.5. The topological polar surface area (TPSA) is 377 Å². The fraction of sp³-hybridized carbons (Fsp3) is 0.679. The molecule has 0 bridgehead atoms. The van der Waals surface area contributed by atoms with Crippen molar-refractivity contribution in [3.8, 4) is 0 Å². The van der Waals surface area contributed by atoms with Gasteiger partial charge < -0.3 is 73.8 Å². The normalized spacial score (nSPS) is 15.6. The fourth-order valence-electron chi connectivity index (χ4n) is 3.90. The third-order valence-electron chi connectivity index (χ3n) is 6.88. The summed E-state index contributed by atoms with van der Waals surface area (Å²) < 4.78 is 0. The molecule has 0 aliphatic heterocycles. The van der Waals surface area contributed by atoms with Crippen LogP contribution in [0.3, 0.4) is 0 Å². The van der Waals surface area contributed by atoms with Crippen LogP contribution in [0.25, 0.3) is 0 Å². The van der Waals surface area contributed by atoms with Crippen LogP contribution in [0.4, 0.5) is 0 Å². The maximum absolute atomic E-state index is 12.9. The van der Waals surface area contributed by atoms with Crippen molar-refractivity contribution in [1.29, 1.82) is 0 Å². The average Bonchev–Trinajstić information content (AvgIpc) is 3.07. The molecular formula is C28H49N9O14. The third-order valence-corrected chi connectivity index (χ3v) is 6.88. The Morgan fingerprint density at radius 1 is 0.529 bits per heavy atom. The van der Waals surface area contributed by atoms with Crippen LogP contribution in [-0.2, 0) is 43.2 Å². The Labute approximate surface area is 292 Å². The lowest BCUT2D eigenvalue weighted by molar-refractivity contribution is -0.139. The second-order valence-electron chi connectivity index (χ2n) is 11.5. The van der Waals surface area contributed by atoms with Crippen LogP contribution in [0.15, 0.2) is 0 Å². The van der Waals surface area contributed by atoms with Gasteiger partial charge in [0, 0.05) is 0 Å². The molecule has 0 unspecified atom stereocenters. The highest BCUT2D eigenvalue weighted by Crippen LogP contribution is 2.03. The number of rotatable bonds is 22. The number of carboxylic acids is 1. The molecule has 290 valence electrons. The van der Waals surface area contributed by atoms with Gasteiger partial charge in [-0.2, -0.15) is 0 Å². The zero-order valence-corrected chi connectivity index (χ0v) is 28.7. The van der Waals surface area contributed by atoms with E-state index < -0.39 is 140 Å². The lowest BCUT2D eigenvalue weighted by atomic mass is 10.0. The number of aliphatic hydroxyl groups excluding tert-OH is 4. The molecule has 0 aromatic heterocycles. The van der Waals surface area contributed by atoms with Gasteiger partial charge in [-0.25, -0.2) is 0 Å². The molecule has 0 fully saturated rings. The van der Waals surface area contributed by atoms with E-state index in [1.54, 1.807) is 13.8 Å². The average molecular weight is 736 g/mol. The first-order chi connectivity index (χ1) is 23.7. The SMILES string of the molecule is CC(C)[C@H](NC(=O)[C@H](C)NC(=O)[C@H](C)NC(=O)[C@H](CO)NC(=O)[C@@H](NC(=O)[C@H](CO)NC(=O)[C@H](CO)NC(=O)CN)[C@@H](C)O)C(=O)NCC(=O)O. The number of aliphatic hydroxyl groups is 4. The molecule has 0 heterocycles. The minimum Gasteiger partial charge on any atom is -0.480 e. The van der Waals surface area contributed by atoms with Gasteiger partial charge in [-0.15, -0.1) is 0 Å². The van der Waals surface area contributed by atoms with Crippen molar-refractivity contribution in [3.05, 3.63) is 0 Å². The summed E-state index contributed by atoms with van der Waals surface area (Å²) in [5, 5.41) is 65.0. The summed E-state index contributed by atoms with van der Waals surface area (Å²) in [6, 6.07) is -10.6. The van der Waals surface area contributed by atoms with Crippen LogP contribution >= 0.6 is 0 Å². The molecule has 0 aliphatic rings. The highest BCUT2D eigenvalue weighted by Gasteiger charge is 2.34. The number of carbonyl (C=O) groups is 9. The summed E-state index contributed by atoms with van der Waals surface area (Å²) in [6.45, 7) is 2.58. The van der Waals surface area contributed by atoms with Crippen molar-refractivity contribution in [1.82, 2.24) is 42.5 Å². The highest BCUT2D eigenvalue weighted by atomic mass is 16.4. The Hall–Kier alpha value is -4.97. The summed E-state index contributed by atoms with van der Waals surface area (Å²) in [7, 11) is 0. The van der Waals surface area contributed by atoms with Crippen molar-refractivity contribution >= 4 is 53.2 Å². The van der Waals surface area contributed by atoms with E-state index in [4.69, 9.17) is 10.8 Å². The van der Waals surface area contributed by atoms with Crippen LogP contribution in [-0.4, -0.2) is 160 Å². The number of carbonyl (C=O) groups excluding carboxylic acids is 8. The Bertz CT molecular complexity index is 1270. The van der Waals surface area contributed by atoms with Gasteiger partial charge in [0.1, 0.15) is 48.8 Å². The summed E-state index contributed by atoms with van der Waals surface area (Å²) in [6.07, 6.45) is -1.64. The molecule has 0 spiro atoms. The summed E-state index contributed by atoms with van der Waals surface area (Å²) >= 11 is 0. The van der Waals surface area contributed by atoms with Crippen molar-refractivity contribution in [2.75, 3.05) is 32.9 Å². The van der Waals surface area contributed by atoms with E-state index in [0.717, 1.165) is 6.92 Å². The second-order valence-corrected chi connectivity index (χ2v) is 11.5. The Morgan fingerprint density at radius 3 is 1.35 bits per heavy atom. The molecule has 15 N–H and O–H groups in total. The zero-order chi connectivity index (χ0) is 39.6. The fourth-order valence-corrected chi connectivity index (χ4v) is 3.90. The molecule has 23 heteroatoms. The molecule has 0 rings (SSSR count). The number of aliphatic carboxylic acids is 1. The molecule has 51 heavy (non-hydrogen) atoms. The first-order valence-corrected chi connectivity index (χ1v) is 15.6. The Balaban J connectivity index is 5.41. The summed E-state index contributed by atoms with van der Waals surface area (Å²) in [5.74, 6) is -9.68. The van der Waals surface area contributed by atoms with Gasteiger partial charge in [-0.05, 0) is 26.7 Å². The standard InChI is InChI=1S/C28H49N9O14/c1-11(2)20(27(50)30-7-19(43)44)36-23(46)13(4)31-22(45)12(3)32-24(47)16(9-39)35-28(51)21(14(5)41)37-26(49)17(10-40)34-25(48)15(8-38)33-18(42)6-29/h11-17,20-21,38-41H,6-10,29H2,1-5H3,(H,30,50)(H,31,45)(H,32,47)(H,33,42)(H,34,48)(H,35,51)(H,36,46)(H,37,49)(H,43,44)/t12-,13-,14+,15-,16-,17-,20-,21-/m0/s1. The molecule has 0 saturated carbocycles. The predicted molar refractivity (Wildman–Crippen MR) is 172 cm³/mol. The zero-order valence-electron chi connectivity index (χ0n) is 28.7. The number of nitrogens with one attached hydrogen (secondary N) is 8. The molecule has 0 aliphatic carbocycles. The molecule has 8 amide bonds. The van der Waals surface area contributed by atoms with Crippen molar-refractivity contribution in [2.45, 2.75) is 83.0 Å². The molecule has 0 aromatic carbocycles. The highest BCUT2D eigenvalue weighted by molar-refractivity contribution is 5.97. The van der Waals surface area contributed by atoms with Crippen molar-refractivity contribution in [2.24, 2.45) is 11.7 Å². The second kappa shape index (κ2) is 22.7. The van der Waals surface area contributed by atoms with Gasteiger partial charge in [-0.1, -0.05) is 13.8 Å². The maximum atomic E-state index is 12.9. The molecule has 23 nitrogen and oxygen atoms in total. The van der Waals surface area contributed by atoms with E-state index in [-0.39, 0.29) is 0 Å². The van der Waals surface area contributed by atoms with Crippen LogP contribution in [0.2, 0.25) is 0 Å². The van der Waals surface area contributed by atoms with E-state index in [0.29, 0.717) is 0 Å². The maximum Gasteiger partial charge on any atom is 0.322 e. The number of carboxylic acid groups (broad SMARTS) is 1. The van der Waals surface area contributed by atoms with E-state index in [9.17, 15) is 63.6 Å². The Morgan fingerprint density at radius 2 is 0.922 bits per heavy atom. The van der Waals surface area contributed by atoms with Gasteiger partial charge in [-0.3, -0.25) is 43.2 Å². The number of nitrogens with two attached hydrogens (primary N) is 1. The minimum atomic E-state index is -1.82. The third kappa shape index (κ3) is 16.1. The first kappa shape index (κ1) is 46.0. The van der Waals surface area contributed by atoms with Crippen LogP contribution < -0.4 is 48.3 Å². The van der Waals surface area contributed by atoms with E-state index >= 15 is 0 Å². The molecule has 8 atom stereocenters. The predicted octanol–water partition coefficient (Wildman–Crippen LogP) is -8.41. The van der Waals surface area contributed by atoms with Gasteiger partial charge >= 0.3 is 5.97 Å². The van der Waals surface area contributed by atoms with Crippen LogP contribution in [0.5, 0.6) is 0 Å². The van der Waals surface area contributed by atoms with Crippen LogP contribution in [0.1, 0.15) is 34.6 Å². The van der Waals surface area contributed by atoms with Gasteiger partial charge in [0.25, 0.3) is 0 Å². The number of hydrogen-bond acceptors (Lipinski definition) is 14. The van der Waals surface area contributed by atoms with E-state index in [1.165, 1.54) is 13.8 Å². The van der Waals surface area contributed by atoms with Crippen LogP contribution in [0, 0.1) is 5.92 Å². The summed E-state index contributed by atoms with van der Waals surface area (Å²) in [5.41, 5.74) is 5.15. The largest absolute Gasteiger partial charge is 0.480 e. The van der Waals surface area contributed by atoms with E-state index in [2.05, 4.69) is 37.2 Å². The molecule has 0 aromatic rings. The number of amides is 8. The monoisotopic (exact) mass is 735 g/mol. The minimum absolute atomic E-state index is 0.463.